The Balaban J connectivity index is 1.10. The Hall–Kier alpha value is -6.06. The van der Waals surface area contributed by atoms with Crippen LogP contribution in [-0.2, 0) is 0 Å². The largest absolute Gasteiger partial charge is 0.457 e. The fourth-order valence-electron chi connectivity index (χ4n) is 7.19. The lowest BCUT2D eigenvalue weighted by molar-refractivity contribution is 0.452. The minimum atomic E-state index is 0.0971. The van der Waals surface area contributed by atoms with E-state index in [0.717, 1.165) is 40.1 Å². The van der Waals surface area contributed by atoms with Crippen LogP contribution < -0.4 is 14.4 Å². The predicted octanol–water partition coefficient (Wildman–Crippen LogP) is 11.7. The lowest BCUT2D eigenvalue weighted by Gasteiger charge is -2.30. The van der Waals surface area contributed by atoms with Crippen LogP contribution >= 0.6 is 0 Å². The van der Waals surface area contributed by atoms with Crippen molar-refractivity contribution in [2.45, 2.75) is 11.8 Å². The number of para-hydroxylation sites is 5. The molecule has 0 N–H and O–H groups in total. The van der Waals surface area contributed by atoms with Gasteiger partial charge in [-0.25, -0.2) is 0 Å². The Morgan fingerprint density at radius 1 is 0.298 bits per heavy atom. The molecule has 224 valence electrons. The quantitative estimate of drug-likeness (QED) is 0.195. The Morgan fingerprint density at radius 2 is 0.596 bits per heavy atom. The van der Waals surface area contributed by atoms with E-state index in [-0.39, 0.29) is 11.8 Å². The van der Waals surface area contributed by atoms with Gasteiger partial charge in [-0.05, 0) is 71.8 Å². The van der Waals surface area contributed by atoms with Crippen LogP contribution in [0.5, 0.6) is 23.0 Å². The summed E-state index contributed by atoms with van der Waals surface area (Å²) in [6.45, 7) is 0. The molecule has 0 aliphatic carbocycles. The van der Waals surface area contributed by atoms with Gasteiger partial charge in [0.1, 0.15) is 23.0 Å². The van der Waals surface area contributed by atoms with E-state index in [1.165, 1.54) is 33.4 Å². The summed E-state index contributed by atoms with van der Waals surface area (Å²) in [6, 6.07) is 62.1. The first-order valence-electron chi connectivity index (χ1n) is 16.1. The van der Waals surface area contributed by atoms with E-state index in [2.05, 4.69) is 157 Å². The average Bonchev–Trinajstić information content (AvgIpc) is 3.14. The van der Waals surface area contributed by atoms with Crippen molar-refractivity contribution in [3.8, 4) is 23.0 Å². The van der Waals surface area contributed by atoms with Crippen molar-refractivity contribution >= 4 is 17.1 Å². The van der Waals surface area contributed by atoms with Crippen LogP contribution in [0.15, 0.2) is 176 Å². The van der Waals surface area contributed by atoms with Crippen LogP contribution in [0.3, 0.4) is 0 Å². The van der Waals surface area contributed by atoms with Gasteiger partial charge in [0, 0.05) is 51.2 Å². The normalized spacial score (nSPS) is 13.3. The van der Waals surface area contributed by atoms with Gasteiger partial charge >= 0.3 is 0 Å². The van der Waals surface area contributed by atoms with Gasteiger partial charge in [-0.2, -0.15) is 0 Å². The van der Waals surface area contributed by atoms with Crippen LogP contribution in [0.1, 0.15) is 45.2 Å². The van der Waals surface area contributed by atoms with Crippen LogP contribution in [0.4, 0.5) is 17.1 Å². The number of rotatable bonds is 5. The first-order valence-corrected chi connectivity index (χ1v) is 16.1. The second-order valence-electron chi connectivity index (χ2n) is 12.1. The Kier molecular flexibility index (Phi) is 6.60. The molecule has 0 atom stereocenters. The van der Waals surface area contributed by atoms with E-state index in [1.54, 1.807) is 0 Å². The molecule has 0 amide bonds. The fourth-order valence-corrected chi connectivity index (χ4v) is 7.19. The first-order chi connectivity index (χ1) is 23.3. The van der Waals surface area contributed by atoms with Gasteiger partial charge in [0.05, 0.1) is 0 Å². The highest BCUT2D eigenvalue weighted by Gasteiger charge is 2.30. The van der Waals surface area contributed by atoms with Crippen molar-refractivity contribution in [3.63, 3.8) is 0 Å². The van der Waals surface area contributed by atoms with Crippen molar-refractivity contribution in [1.29, 1.82) is 0 Å². The molecule has 7 aromatic rings. The zero-order valence-corrected chi connectivity index (χ0v) is 25.7. The number of hydrogen-bond acceptors (Lipinski definition) is 3. The van der Waals surface area contributed by atoms with E-state index in [0.29, 0.717) is 0 Å². The summed E-state index contributed by atoms with van der Waals surface area (Å²) in [4.78, 5) is 2.32. The third-order valence-corrected chi connectivity index (χ3v) is 9.34. The molecule has 0 bridgehead atoms. The zero-order valence-electron chi connectivity index (χ0n) is 25.7. The molecule has 0 unspecified atom stereocenters. The van der Waals surface area contributed by atoms with E-state index in [9.17, 15) is 0 Å². The molecule has 3 heteroatoms. The minimum Gasteiger partial charge on any atom is -0.457 e. The van der Waals surface area contributed by atoms with E-state index in [1.807, 2.05) is 24.3 Å². The zero-order chi connectivity index (χ0) is 31.2. The number of ether oxygens (including phenoxy) is 2. The number of benzene rings is 7. The lowest BCUT2D eigenvalue weighted by atomic mass is 9.82. The lowest BCUT2D eigenvalue weighted by Crippen LogP contribution is -2.13. The molecule has 7 aromatic carbocycles. The third-order valence-electron chi connectivity index (χ3n) is 9.34. The summed E-state index contributed by atoms with van der Waals surface area (Å²) in [5, 5.41) is 0. The highest BCUT2D eigenvalue weighted by Crippen LogP contribution is 2.49. The standard InChI is InChI=1S/C44H31NO2/c1-2-12-32(13-3-1)45(33-26-22-30(23-27-33)43-35-14-4-8-18-39(35)46-40-19-9-5-15-36(40)43)34-28-24-31(25-29-34)44-37-16-6-10-20-41(37)47-42-21-11-7-17-38(42)44/h1-29,43-44H. The molecule has 0 saturated carbocycles. The molecular formula is C44H31NO2. The van der Waals surface area contributed by atoms with Gasteiger partial charge in [-0.3, -0.25) is 0 Å². The van der Waals surface area contributed by atoms with E-state index in [4.69, 9.17) is 9.47 Å². The van der Waals surface area contributed by atoms with Crippen LogP contribution in [0.25, 0.3) is 0 Å². The molecule has 47 heavy (non-hydrogen) atoms. The molecule has 0 fully saturated rings. The van der Waals surface area contributed by atoms with E-state index < -0.39 is 0 Å². The van der Waals surface area contributed by atoms with Crippen molar-refractivity contribution in [2.24, 2.45) is 0 Å². The Morgan fingerprint density at radius 3 is 0.957 bits per heavy atom. The fraction of sp³-hybridized carbons (Fsp3) is 0.0455. The smallest absolute Gasteiger partial charge is 0.131 e. The second-order valence-corrected chi connectivity index (χ2v) is 12.1. The summed E-state index contributed by atoms with van der Waals surface area (Å²) >= 11 is 0. The monoisotopic (exact) mass is 605 g/mol. The van der Waals surface area contributed by atoms with E-state index >= 15 is 0 Å². The van der Waals surface area contributed by atoms with Gasteiger partial charge < -0.3 is 14.4 Å². The molecule has 0 radical (unpaired) electrons. The molecule has 3 nitrogen and oxygen atoms in total. The topological polar surface area (TPSA) is 21.7 Å². The second kappa shape index (κ2) is 11.4. The summed E-state index contributed by atoms with van der Waals surface area (Å²) < 4.78 is 12.6. The highest BCUT2D eigenvalue weighted by molar-refractivity contribution is 5.77. The third kappa shape index (κ3) is 4.76. The predicted molar refractivity (Wildman–Crippen MR) is 189 cm³/mol. The maximum Gasteiger partial charge on any atom is 0.131 e. The molecular weight excluding hydrogens is 574 g/mol. The molecule has 0 spiro atoms. The maximum absolute atomic E-state index is 6.28. The summed E-state index contributed by atoms with van der Waals surface area (Å²) in [5.74, 6) is 3.86. The number of fused-ring (bicyclic) bond motifs is 4. The number of hydrogen-bond donors (Lipinski definition) is 0. The van der Waals surface area contributed by atoms with Crippen LogP contribution in [0.2, 0.25) is 0 Å². The molecule has 0 saturated heterocycles. The SMILES string of the molecule is c1ccc(N(c2ccc(C3c4ccccc4Oc4ccccc43)cc2)c2ccc(C3c4ccccc4Oc4ccccc43)cc2)cc1. The van der Waals surface area contributed by atoms with Crippen molar-refractivity contribution in [3.05, 3.63) is 209 Å². The van der Waals surface area contributed by atoms with Gasteiger partial charge in [-0.1, -0.05) is 115 Å². The molecule has 0 aromatic heterocycles. The van der Waals surface area contributed by atoms with Crippen LogP contribution in [0, 0.1) is 0 Å². The summed E-state index contributed by atoms with van der Waals surface area (Å²) in [5.41, 5.74) is 10.5. The minimum absolute atomic E-state index is 0.0971. The van der Waals surface area contributed by atoms with Gasteiger partial charge in [0.2, 0.25) is 0 Å². The molecule has 9 rings (SSSR count). The van der Waals surface area contributed by atoms with Gasteiger partial charge in [0.15, 0.2) is 0 Å². The van der Waals surface area contributed by atoms with Crippen molar-refractivity contribution in [1.82, 2.24) is 0 Å². The summed E-state index contributed by atoms with van der Waals surface area (Å²) in [6.07, 6.45) is 0. The van der Waals surface area contributed by atoms with Gasteiger partial charge in [-0.15, -0.1) is 0 Å². The number of nitrogens with zero attached hydrogens (tertiary/aromatic N) is 1. The molecule has 2 aliphatic heterocycles. The van der Waals surface area contributed by atoms with Gasteiger partial charge in [0.25, 0.3) is 0 Å². The first kappa shape index (κ1) is 27.3. The molecule has 2 aliphatic rings. The number of anilines is 3. The average molecular weight is 606 g/mol. The highest BCUT2D eigenvalue weighted by atomic mass is 16.5. The Labute approximate surface area is 274 Å². The maximum atomic E-state index is 6.28. The van der Waals surface area contributed by atoms with Crippen molar-refractivity contribution in [2.75, 3.05) is 4.90 Å². The Bertz CT molecular complexity index is 1970. The summed E-state index contributed by atoms with van der Waals surface area (Å²) in [7, 11) is 0. The van der Waals surface area contributed by atoms with Crippen molar-refractivity contribution < 1.29 is 9.47 Å². The van der Waals surface area contributed by atoms with Crippen LogP contribution in [-0.4, -0.2) is 0 Å². The molecule has 2 heterocycles.